The Kier molecular flexibility index (Phi) is 7.67. The fourth-order valence-electron chi connectivity index (χ4n) is 8.00. The van der Waals surface area contributed by atoms with Crippen molar-refractivity contribution in [1.82, 2.24) is 4.58 Å². The lowest BCUT2D eigenvalue weighted by atomic mass is 9.83. The van der Waals surface area contributed by atoms with Crippen molar-refractivity contribution in [1.29, 1.82) is 0 Å². The van der Waals surface area contributed by atoms with Gasteiger partial charge in [-0.3, -0.25) is 0 Å². The summed E-state index contributed by atoms with van der Waals surface area (Å²) in [5, 5.41) is 0. The first-order valence-corrected chi connectivity index (χ1v) is 16.9. The van der Waals surface area contributed by atoms with E-state index in [1.807, 2.05) is 0 Å². The Morgan fingerprint density at radius 2 is 1.02 bits per heavy atom. The van der Waals surface area contributed by atoms with Gasteiger partial charge in [0.05, 0.1) is 0 Å². The number of likely N-dealkylation sites (N-methyl/N-ethyl adjacent to an activating group) is 2. The van der Waals surface area contributed by atoms with Gasteiger partial charge in [-0.15, -0.1) is 0 Å². The zero-order valence-corrected chi connectivity index (χ0v) is 28.9. The van der Waals surface area contributed by atoms with Gasteiger partial charge in [0, 0.05) is 83.1 Å². The number of para-hydroxylation sites is 3. The quantitative estimate of drug-likeness (QED) is 0.211. The Morgan fingerprint density at radius 1 is 0.553 bits per heavy atom. The highest BCUT2D eigenvalue weighted by Gasteiger charge is 2.40. The first kappa shape index (κ1) is 30.7. The highest BCUT2D eigenvalue weighted by molar-refractivity contribution is 6.17. The third kappa shape index (κ3) is 5.19. The predicted molar refractivity (Wildman–Crippen MR) is 201 cm³/mol. The topological polar surface area (TPSA) is 9.49 Å². The summed E-state index contributed by atoms with van der Waals surface area (Å²) in [6.45, 7) is 11.6. The molecule has 0 bridgehead atoms. The molecule has 0 saturated heterocycles. The molecule has 7 rings (SSSR count). The fraction of sp³-hybridized carbons (Fsp3) is 0.250. The Balaban J connectivity index is 1.41. The third-order valence-electron chi connectivity index (χ3n) is 10.5. The van der Waals surface area contributed by atoms with E-state index in [2.05, 4.69) is 191 Å². The van der Waals surface area contributed by atoms with Gasteiger partial charge >= 0.3 is 0 Å². The molecule has 0 atom stereocenters. The lowest BCUT2D eigenvalue weighted by molar-refractivity contribution is 0.639. The van der Waals surface area contributed by atoms with Crippen LogP contribution in [0.4, 0.5) is 22.7 Å². The number of hydrogen-bond acceptors (Lipinski definition) is 2. The Morgan fingerprint density at radius 3 is 1.55 bits per heavy atom. The number of aryl methyl sites for hydroxylation is 1. The normalized spacial score (nSPS) is 21.3. The highest BCUT2D eigenvalue weighted by Crippen LogP contribution is 2.48. The van der Waals surface area contributed by atoms with Crippen LogP contribution >= 0.6 is 0 Å². The molecule has 1 aliphatic carbocycles. The fourth-order valence-corrected chi connectivity index (χ4v) is 8.00. The summed E-state index contributed by atoms with van der Waals surface area (Å²) >= 11 is 0. The van der Waals surface area contributed by atoms with Crippen LogP contribution in [0.25, 0.3) is 0 Å². The van der Waals surface area contributed by atoms with Gasteiger partial charge in [0.2, 0.25) is 17.1 Å². The van der Waals surface area contributed by atoms with Crippen molar-refractivity contribution in [3.05, 3.63) is 167 Å². The lowest BCUT2D eigenvalue weighted by Crippen LogP contribution is -2.23. The number of hydrogen-bond donors (Lipinski definition) is 0. The second-order valence-corrected chi connectivity index (χ2v) is 14.2. The van der Waals surface area contributed by atoms with Crippen molar-refractivity contribution in [2.45, 2.75) is 58.3 Å². The van der Waals surface area contributed by atoms with Gasteiger partial charge in [-0.05, 0) is 55.2 Å². The van der Waals surface area contributed by atoms with Gasteiger partial charge in [0.1, 0.15) is 0 Å². The molecule has 0 N–H and O–H groups in total. The van der Waals surface area contributed by atoms with Crippen LogP contribution in [0.5, 0.6) is 0 Å². The van der Waals surface area contributed by atoms with Crippen molar-refractivity contribution in [3.8, 4) is 0 Å². The number of nitrogens with zero attached hydrogens (tertiary/aromatic N) is 3. The zero-order valence-electron chi connectivity index (χ0n) is 28.9. The molecular formula is C44H46N3+. The summed E-state index contributed by atoms with van der Waals surface area (Å²) in [5.74, 6) is 0. The molecule has 2 heterocycles. The van der Waals surface area contributed by atoms with Gasteiger partial charge in [-0.25, -0.2) is 0 Å². The first-order valence-electron chi connectivity index (χ1n) is 16.9. The zero-order chi connectivity index (χ0) is 32.9. The standard InChI is InChI=1S/C44H46N3/c1-31-22-27-39-37(30-31)44(4,5)41(46(39)7)29-26-33-24-23-32(25-28-40-43(2,3)36-20-14-15-21-38(36)45(40)6)42(33)47(34-16-10-8-11-17-34)35-18-12-9-13-19-35/h8-22,25-30H,23-24H2,1-7H3/q+1. The molecule has 4 aromatic rings. The minimum absolute atomic E-state index is 0.0746. The number of fused-ring (bicyclic) bond motifs is 2. The van der Waals surface area contributed by atoms with E-state index in [9.17, 15) is 0 Å². The molecule has 1 saturated carbocycles. The molecule has 0 amide bonds. The van der Waals surface area contributed by atoms with Gasteiger partial charge in [-0.2, -0.15) is 4.58 Å². The maximum Gasteiger partial charge on any atom is 0.218 e. The Bertz CT molecular complexity index is 1960. The average molecular weight is 617 g/mol. The van der Waals surface area contributed by atoms with Crippen molar-refractivity contribution in [2.75, 3.05) is 23.9 Å². The molecule has 0 unspecified atom stereocenters. The molecule has 0 radical (unpaired) electrons. The van der Waals surface area contributed by atoms with E-state index >= 15 is 0 Å². The number of allylic oxidation sites excluding steroid dienone is 8. The smallest absolute Gasteiger partial charge is 0.218 e. The van der Waals surface area contributed by atoms with Crippen LogP contribution in [-0.2, 0) is 10.8 Å². The maximum atomic E-state index is 2.46. The molecule has 2 aliphatic heterocycles. The Hall–Kier alpha value is -4.89. The second kappa shape index (κ2) is 11.7. The molecule has 0 aromatic heterocycles. The van der Waals surface area contributed by atoms with Crippen molar-refractivity contribution in [3.63, 3.8) is 0 Å². The van der Waals surface area contributed by atoms with Crippen LogP contribution in [-0.4, -0.2) is 19.8 Å². The molecular weight excluding hydrogens is 571 g/mol. The SMILES string of the molecule is Cc1ccc2c(c1)C(C)(C)C(=CC=C1CCC(=CC=C3N(C)c4ccccc4C3(C)C)C1=[N+](c1ccccc1)c1ccccc1)N2C. The summed E-state index contributed by atoms with van der Waals surface area (Å²) in [4.78, 5) is 4.75. The maximum absolute atomic E-state index is 2.46. The van der Waals surface area contributed by atoms with E-state index in [1.54, 1.807) is 0 Å². The molecule has 3 aliphatic rings. The van der Waals surface area contributed by atoms with Crippen LogP contribution in [0.1, 0.15) is 57.2 Å². The number of anilines is 2. The molecule has 0 spiro atoms. The average Bonchev–Trinajstić information content (AvgIpc) is 3.61. The van der Waals surface area contributed by atoms with Crippen LogP contribution in [0, 0.1) is 6.92 Å². The molecule has 47 heavy (non-hydrogen) atoms. The van der Waals surface area contributed by atoms with E-state index in [-0.39, 0.29) is 10.8 Å². The lowest BCUT2D eigenvalue weighted by Gasteiger charge is -2.24. The first-order chi connectivity index (χ1) is 22.6. The minimum atomic E-state index is -0.0821. The second-order valence-electron chi connectivity index (χ2n) is 14.2. The number of benzene rings is 4. The molecule has 236 valence electrons. The molecule has 4 aromatic carbocycles. The van der Waals surface area contributed by atoms with E-state index < -0.39 is 0 Å². The van der Waals surface area contributed by atoms with Crippen molar-refractivity contribution < 1.29 is 0 Å². The molecule has 3 nitrogen and oxygen atoms in total. The summed E-state index contributed by atoms with van der Waals surface area (Å²) in [7, 11) is 4.41. The minimum Gasteiger partial charge on any atom is -0.347 e. The highest BCUT2D eigenvalue weighted by atomic mass is 15.2. The van der Waals surface area contributed by atoms with Crippen LogP contribution in [0.2, 0.25) is 0 Å². The van der Waals surface area contributed by atoms with Crippen molar-refractivity contribution >= 4 is 28.5 Å². The van der Waals surface area contributed by atoms with E-state index in [0.717, 1.165) is 12.8 Å². The third-order valence-corrected chi connectivity index (χ3v) is 10.5. The number of rotatable bonds is 4. The largest absolute Gasteiger partial charge is 0.347 e. The van der Waals surface area contributed by atoms with Gasteiger partial charge in [0.25, 0.3) is 0 Å². The van der Waals surface area contributed by atoms with E-state index in [1.165, 1.54) is 67.7 Å². The monoisotopic (exact) mass is 616 g/mol. The van der Waals surface area contributed by atoms with Crippen molar-refractivity contribution in [2.24, 2.45) is 0 Å². The Labute approximate surface area is 281 Å². The molecule has 1 fully saturated rings. The molecule has 3 heteroatoms. The summed E-state index contributed by atoms with van der Waals surface area (Å²) < 4.78 is 2.46. The summed E-state index contributed by atoms with van der Waals surface area (Å²) in [6, 6.07) is 37.3. The van der Waals surface area contributed by atoms with Gasteiger partial charge in [0.15, 0.2) is 0 Å². The van der Waals surface area contributed by atoms with Crippen LogP contribution in [0.15, 0.2) is 150 Å². The van der Waals surface area contributed by atoms with Gasteiger partial charge < -0.3 is 9.80 Å². The van der Waals surface area contributed by atoms with E-state index in [4.69, 9.17) is 0 Å². The summed E-state index contributed by atoms with van der Waals surface area (Å²) in [6.07, 6.45) is 11.5. The van der Waals surface area contributed by atoms with Crippen LogP contribution < -0.4 is 14.4 Å². The van der Waals surface area contributed by atoms with Gasteiger partial charge in [-0.1, -0.05) is 112 Å². The van der Waals surface area contributed by atoms with Crippen LogP contribution in [0.3, 0.4) is 0 Å². The van der Waals surface area contributed by atoms with E-state index in [0.29, 0.717) is 0 Å². The summed E-state index contributed by atoms with van der Waals surface area (Å²) in [5.41, 5.74) is 15.5. The predicted octanol–water partition coefficient (Wildman–Crippen LogP) is 10.5.